The van der Waals surface area contributed by atoms with E-state index < -0.39 is 0 Å². The van der Waals surface area contributed by atoms with Crippen LogP contribution in [0.5, 0.6) is 0 Å². The van der Waals surface area contributed by atoms with Crippen LogP contribution in [0.1, 0.15) is 30.3 Å². The van der Waals surface area contributed by atoms with Gasteiger partial charge in [0.2, 0.25) is 0 Å². The van der Waals surface area contributed by atoms with Crippen LogP contribution < -0.4 is 5.43 Å². The van der Waals surface area contributed by atoms with Crippen molar-refractivity contribution < 1.29 is 4.79 Å². The van der Waals surface area contributed by atoms with Gasteiger partial charge >= 0.3 is 0 Å². The smallest absolute Gasteiger partial charge is 0.288 e. The number of amides is 1. The topological polar surface area (TPSA) is 46.4 Å². The molecule has 0 unspecified atom stereocenters. The number of hydrogen-bond donors (Lipinski definition) is 1. The molecule has 1 N–H and O–H groups in total. The largest absolute Gasteiger partial charge is 0.345 e. The first-order valence-corrected chi connectivity index (χ1v) is 6.21. The normalized spacial score (nSPS) is 17.4. The van der Waals surface area contributed by atoms with Gasteiger partial charge in [-0.15, -0.1) is 0 Å². The molecule has 0 spiro atoms. The molecule has 0 saturated heterocycles. The fraction of sp³-hybridized carbons (Fsp3) is 0.333. The van der Waals surface area contributed by atoms with Crippen LogP contribution in [-0.2, 0) is 7.05 Å². The number of hydrogen-bond acceptors (Lipinski definition) is 2. The quantitative estimate of drug-likeness (QED) is 0.838. The van der Waals surface area contributed by atoms with E-state index in [9.17, 15) is 4.79 Å². The number of rotatable bonds is 2. The second-order valence-corrected chi connectivity index (χ2v) is 5.10. The fourth-order valence-electron chi connectivity index (χ4n) is 1.77. The highest BCUT2D eigenvalue weighted by Gasteiger charge is 2.11. The minimum absolute atomic E-state index is 0.191. The number of hydrazone groups is 1. The van der Waals surface area contributed by atoms with E-state index in [-0.39, 0.29) is 5.91 Å². The molecule has 17 heavy (non-hydrogen) atoms. The molecule has 0 atom stereocenters. The summed E-state index contributed by atoms with van der Waals surface area (Å²) in [6.07, 6.45) is 5.79. The minimum Gasteiger partial charge on any atom is -0.345 e. The molecule has 1 aromatic rings. The van der Waals surface area contributed by atoms with Crippen molar-refractivity contribution in [2.24, 2.45) is 12.1 Å². The van der Waals surface area contributed by atoms with Gasteiger partial charge in [0.05, 0.1) is 5.71 Å². The highest BCUT2D eigenvalue weighted by atomic mass is 79.9. The van der Waals surface area contributed by atoms with Crippen molar-refractivity contribution >= 4 is 27.5 Å². The van der Waals surface area contributed by atoms with Crippen LogP contribution in [0, 0.1) is 0 Å². The average Bonchev–Trinajstić information content (AvgIpc) is 2.81. The maximum atomic E-state index is 11.8. The van der Waals surface area contributed by atoms with E-state index in [1.54, 1.807) is 10.6 Å². The number of carbonyl (C=O) groups is 1. The molecule has 0 saturated carbocycles. The van der Waals surface area contributed by atoms with Gasteiger partial charge in [0.1, 0.15) is 5.69 Å². The molecule has 0 radical (unpaired) electrons. The predicted octanol–water partition coefficient (Wildman–Crippen LogP) is 2.61. The van der Waals surface area contributed by atoms with Crippen molar-refractivity contribution in [2.45, 2.75) is 19.8 Å². The van der Waals surface area contributed by atoms with Gasteiger partial charge in [0.25, 0.3) is 5.91 Å². The third-order valence-electron chi connectivity index (χ3n) is 2.69. The molecular formula is C12H14BrN3O. The average molecular weight is 296 g/mol. The Balaban J connectivity index is 2.05. The van der Waals surface area contributed by atoms with Gasteiger partial charge in [-0.1, -0.05) is 5.57 Å². The van der Waals surface area contributed by atoms with Crippen molar-refractivity contribution in [3.63, 3.8) is 0 Å². The Hall–Kier alpha value is -1.36. The fourth-order valence-corrected chi connectivity index (χ4v) is 2.30. The summed E-state index contributed by atoms with van der Waals surface area (Å²) in [5.41, 5.74) is 5.40. The van der Waals surface area contributed by atoms with Crippen molar-refractivity contribution in [1.29, 1.82) is 0 Å². The summed E-state index contributed by atoms with van der Waals surface area (Å²) in [6, 6.07) is 1.77. The summed E-state index contributed by atoms with van der Waals surface area (Å²) in [6.45, 7) is 2.07. The van der Waals surface area contributed by atoms with E-state index in [4.69, 9.17) is 0 Å². The van der Waals surface area contributed by atoms with Crippen LogP contribution in [0.15, 0.2) is 33.5 Å². The molecule has 1 aromatic heterocycles. The Bertz CT molecular complexity index is 514. The van der Waals surface area contributed by atoms with Crippen LogP contribution >= 0.6 is 15.9 Å². The lowest BCUT2D eigenvalue weighted by atomic mass is 10.3. The van der Waals surface area contributed by atoms with E-state index in [0.717, 1.165) is 23.0 Å². The first-order valence-electron chi connectivity index (χ1n) is 5.42. The Morgan fingerprint density at radius 2 is 2.29 bits per heavy atom. The summed E-state index contributed by atoms with van der Waals surface area (Å²) >= 11 is 3.33. The molecule has 5 heteroatoms. The van der Waals surface area contributed by atoms with E-state index >= 15 is 0 Å². The number of carbonyl (C=O) groups excluding carboxylic acids is 1. The van der Waals surface area contributed by atoms with Crippen molar-refractivity contribution in [2.75, 3.05) is 0 Å². The Labute approximate surface area is 109 Å². The summed E-state index contributed by atoms with van der Waals surface area (Å²) < 4.78 is 2.64. The monoisotopic (exact) mass is 295 g/mol. The molecule has 0 aromatic carbocycles. The first-order chi connectivity index (χ1) is 8.06. The van der Waals surface area contributed by atoms with Crippen molar-refractivity contribution in [3.05, 3.63) is 34.1 Å². The highest BCUT2D eigenvalue weighted by Crippen LogP contribution is 2.15. The Morgan fingerprint density at radius 3 is 2.82 bits per heavy atom. The van der Waals surface area contributed by atoms with Gasteiger partial charge < -0.3 is 4.57 Å². The molecule has 90 valence electrons. The number of aryl methyl sites for hydroxylation is 1. The maximum Gasteiger partial charge on any atom is 0.288 e. The SMILES string of the molecule is CC1=CC(=NNC(=O)c2cc(Br)cn2C)CC1. The lowest BCUT2D eigenvalue weighted by Gasteiger charge is -2.01. The first kappa shape index (κ1) is 12.1. The van der Waals surface area contributed by atoms with Gasteiger partial charge in [-0.25, -0.2) is 5.43 Å². The zero-order chi connectivity index (χ0) is 12.4. The molecule has 1 aliphatic rings. The van der Waals surface area contributed by atoms with E-state index in [0.29, 0.717) is 5.69 Å². The van der Waals surface area contributed by atoms with E-state index in [2.05, 4.69) is 33.4 Å². The van der Waals surface area contributed by atoms with Gasteiger partial charge in [-0.3, -0.25) is 4.79 Å². The van der Waals surface area contributed by atoms with Crippen LogP contribution in [0.4, 0.5) is 0 Å². The molecule has 0 aliphatic heterocycles. The van der Waals surface area contributed by atoms with Crippen LogP contribution in [0.2, 0.25) is 0 Å². The van der Waals surface area contributed by atoms with Crippen molar-refractivity contribution in [1.82, 2.24) is 9.99 Å². The molecule has 0 bridgehead atoms. The third-order valence-corrected chi connectivity index (χ3v) is 3.13. The molecule has 4 nitrogen and oxygen atoms in total. The number of nitrogens with one attached hydrogen (secondary N) is 1. The number of allylic oxidation sites excluding steroid dienone is 2. The molecule has 2 rings (SSSR count). The lowest BCUT2D eigenvalue weighted by Crippen LogP contribution is -2.21. The molecular weight excluding hydrogens is 282 g/mol. The second kappa shape index (κ2) is 4.87. The van der Waals surface area contributed by atoms with Gasteiger partial charge in [0.15, 0.2) is 0 Å². The van der Waals surface area contributed by atoms with Gasteiger partial charge in [-0.2, -0.15) is 5.10 Å². The van der Waals surface area contributed by atoms with Crippen LogP contribution in [-0.4, -0.2) is 16.2 Å². The second-order valence-electron chi connectivity index (χ2n) is 4.19. The molecule has 1 heterocycles. The Morgan fingerprint density at radius 1 is 1.53 bits per heavy atom. The third kappa shape index (κ3) is 2.85. The minimum atomic E-state index is -0.191. The standard InChI is InChI=1S/C12H14BrN3O/c1-8-3-4-10(5-8)14-15-12(17)11-6-9(13)7-16(11)2/h5-7H,3-4H2,1-2H3,(H,15,17). The van der Waals surface area contributed by atoms with Crippen molar-refractivity contribution in [3.8, 4) is 0 Å². The summed E-state index contributed by atoms with van der Waals surface area (Å²) in [4.78, 5) is 11.8. The zero-order valence-corrected chi connectivity index (χ0v) is 11.4. The van der Waals surface area contributed by atoms with E-state index in [1.165, 1.54) is 5.57 Å². The molecule has 0 fully saturated rings. The highest BCUT2D eigenvalue weighted by molar-refractivity contribution is 9.10. The van der Waals surface area contributed by atoms with Gasteiger partial charge in [-0.05, 0) is 47.8 Å². The Kier molecular flexibility index (Phi) is 3.47. The molecule has 1 aliphatic carbocycles. The summed E-state index contributed by atoms with van der Waals surface area (Å²) in [5.74, 6) is -0.191. The van der Waals surface area contributed by atoms with Gasteiger partial charge in [0, 0.05) is 17.7 Å². The number of nitrogens with zero attached hydrogens (tertiary/aromatic N) is 2. The number of aromatic nitrogens is 1. The molecule has 1 amide bonds. The summed E-state index contributed by atoms with van der Waals surface area (Å²) in [5, 5.41) is 4.11. The lowest BCUT2D eigenvalue weighted by molar-refractivity contribution is 0.0946. The zero-order valence-electron chi connectivity index (χ0n) is 9.83. The van der Waals surface area contributed by atoms with Crippen LogP contribution in [0.25, 0.3) is 0 Å². The van der Waals surface area contributed by atoms with E-state index in [1.807, 2.05) is 19.3 Å². The van der Waals surface area contributed by atoms with Crippen LogP contribution in [0.3, 0.4) is 0 Å². The maximum absolute atomic E-state index is 11.8. The predicted molar refractivity (Wildman–Crippen MR) is 71.0 cm³/mol. The number of halogens is 1. The summed E-state index contributed by atoms with van der Waals surface area (Å²) in [7, 11) is 1.83.